The summed E-state index contributed by atoms with van der Waals surface area (Å²) in [6.07, 6.45) is 0.992. The van der Waals surface area contributed by atoms with Crippen LogP contribution in [-0.4, -0.2) is 26.7 Å². The molecular weight excluding hydrogens is 164 g/mol. The van der Waals surface area contributed by atoms with Gasteiger partial charge in [0.2, 0.25) is 0 Å². The predicted molar refractivity (Wildman–Crippen MR) is 36.1 cm³/mol. The Bertz CT molecular complexity index is 161. The fourth-order valence-electron chi connectivity index (χ4n) is 0.217. The third kappa shape index (κ3) is 8.20. The molecule has 3 nitrogen and oxygen atoms in total. The second-order valence-corrected chi connectivity index (χ2v) is 4.16. The quantitative estimate of drug-likeness (QED) is 0.462. The molecule has 0 heterocycles. The van der Waals surface area contributed by atoms with Crippen LogP contribution in [0.15, 0.2) is 0 Å². The Hall–Kier alpha value is 0.200. The minimum atomic E-state index is -3.30. The first-order chi connectivity index (χ1) is 3.92. The van der Waals surface area contributed by atoms with Crippen LogP contribution in [0.25, 0.3) is 0 Å². The molecule has 0 aromatic heterocycles. The summed E-state index contributed by atoms with van der Waals surface area (Å²) in [5.74, 6) is 0. The molecule has 0 aliphatic rings. The normalized spacial score (nSPS) is 15.4. The molecule has 56 valence electrons. The van der Waals surface area contributed by atoms with Gasteiger partial charge in [-0.3, -0.25) is 4.18 Å². The maximum Gasteiger partial charge on any atom is 0.264 e. The van der Waals surface area contributed by atoms with Crippen LogP contribution >= 0.6 is 11.6 Å². The van der Waals surface area contributed by atoms with Crippen molar-refractivity contribution in [1.82, 2.24) is 0 Å². The fourth-order valence-corrected chi connectivity index (χ4v) is 0.806. The van der Waals surface area contributed by atoms with Crippen molar-refractivity contribution in [3.05, 3.63) is 0 Å². The summed E-state index contributed by atoms with van der Waals surface area (Å²) in [6, 6.07) is 0. The highest BCUT2D eigenvalue weighted by atomic mass is 35.5. The molecule has 0 radical (unpaired) electrons. The molecule has 0 saturated carbocycles. The largest absolute Gasteiger partial charge is 0.269 e. The lowest BCUT2D eigenvalue weighted by Gasteiger charge is -2.00. The van der Waals surface area contributed by atoms with Crippen molar-refractivity contribution in [2.24, 2.45) is 0 Å². The molecular formula is C4H9ClO3S. The summed E-state index contributed by atoms with van der Waals surface area (Å²) in [5, 5.41) is -0.264. The zero-order chi connectivity index (χ0) is 7.49. The third-order valence-corrected chi connectivity index (χ3v) is 1.20. The van der Waals surface area contributed by atoms with Gasteiger partial charge in [0.25, 0.3) is 10.1 Å². The van der Waals surface area contributed by atoms with Crippen molar-refractivity contribution in [3.8, 4) is 0 Å². The zero-order valence-corrected chi connectivity index (χ0v) is 6.87. The van der Waals surface area contributed by atoms with Gasteiger partial charge in [0.15, 0.2) is 0 Å². The first-order valence-corrected chi connectivity index (χ1v) is 4.65. The van der Waals surface area contributed by atoms with E-state index in [9.17, 15) is 8.42 Å². The van der Waals surface area contributed by atoms with Gasteiger partial charge >= 0.3 is 0 Å². The lowest BCUT2D eigenvalue weighted by Crippen LogP contribution is -2.10. The summed E-state index contributed by atoms with van der Waals surface area (Å²) in [6.45, 7) is 1.70. The zero-order valence-electron chi connectivity index (χ0n) is 5.30. The van der Waals surface area contributed by atoms with E-state index in [1.807, 2.05) is 0 Å². The highest BCUT2D eigenvalue weighted by Gasteiger charge is 2.03. The molecule has 0 spiro atoms. The van der Waals surface area contributed by atoms with Crippen LogP contribution in [0.5, 0.6) is 0 Å². The van der Waals surface area contributed by atoms with Gasteiger partial charge in [-0.1, -0.05) is 0 Å². The van der Waals surface area contributed by atoms with Crippen LogP contribution in [0, 0.1) is 0 Å². The number of alkyl halides is 1. The summed E-state index contributed by atoms with van der Waals surface area (Å²) >= 11 is 5.39. The standard InChI is InChI=1S/C4H9ClO3S/c1-4(5)3-8-9(2,6)7/h4H,3H2,1-2H3. The van der Waals surface area contributed by atoms with Crippen molar-refractivity contribution in [1.29, 1.82) is 0 Å². The Morgan fingerprint density at radius 1 is 1.67 bits per heavy atom. The Labute approximate surface area is 60.1 Å². The predicted octanol–water partition coefficient (Wildman–Crippen LogP) is 0.590. The van der Waals surface area contributed by atoms with Crippen molar-refractivity contribution in [3.63, 3.8) is 0 Å². The van der Waals surface area contributed by atoms with Crippen molar-refractivity contribution in [2.45, 2.75) is 12.3 Å². The molecule has 0 aliphatic carbocycles. The molecule has 0 rings (SSSR count). The molecule has 0 aromatic rings. The smallest absolute Gasteiger partial charge is 0.264 e. The Balaban J connectivity index is 3.53. The van der Waals surface area contributed by atoms with Crippen LogP contribution in [-0.2, 0) is 14.3 Å². The summed E-state index contributed by atoms with van der Waals surface area (Å²) in [7, 11) is -3.30. The average Bonchev–Trinajstić information content (AvgIpc) is 1.59. The second-order valence-electron chi connectivity index (χ2n) is 1.77. The van der Waals surface area contributed by atoms with E-state index in [-0.39, 0.29) is 12.0 Å². The van der Waals surface area contributed by atoms with E-state index >= 15 is 0 Å². The van der Waals surface area contributed by atoms with E-state index < -0.39 is 10.1 Å². The summed E-state index contributed by atoms with van der Waals surface area (Å²) in [4.78, 5) is 0. The van der Waals surface area contributed by atoms with Gasteiger partial charge in [-0.15, -0.1) is 11.6 Å². The van der Waals surface area contributed by atoms with Gasteiger partial charge in [-0.25, -0.2) is 0 Å². The number of halogens is 1. The van der Waals surface area contributed by atoms with E-state index in [0.717, 1.165) is 6.26 Å². The number of hydrogen-bond donors (Lipinski definition) is 0. The van der Waals surface area contributed by atoms with E-state index in [4.69, 9.17) is 11.6 Å². The molecule has 1 atom stereocenters. The topological polar surface area (TPSA) is 43.4 Å². The Morgan fingerprint density at radius 2 is 2.11 bits per heavy atom. The molecule has 5 heteroatoms. The van der Waals surface area contributed by atoms with Gasteiger partial charge in [0, 0.05) is 0 Å². The van der Waals surface area contributed by atoms with Crippen LogP contribution in [0.2, 0.25) is 0 Å². The minimum absolute atomic E-state index is 0.0421. The highest BCUT2D eigenvalue weighted by molar-refractivity contribution is 7.85. The van der Waals surface area contributed by atoms with Gasteiger partial charge in [0.05, 0.1) is 18.2 Å². The SMILES string of the molecule is CC(Cl)COS(C)(=O)=O. The highest BCUT2D eigenvalue weighted by Crippen LogP contribution is 1.96. The first-order valence-electron chi connectivity index (χ1n) is 2.40. The lowest BCUT2D eigenvalue weighted by atomic mass is 10.5. The number of hydrogen-bond acceptors (Lipinski definition) is 3. The maximum absolute atomic E-state index is 10.3. The molecule has 1 unspecified atom stereocenters. The Kier molecular flexibility index (Phi) is 3.46. The van der Waals surface area contributed by atoms with E-state index in [1.165, 1.54) is 0 Å². The maximum atomic E-state index is 10.3. The molecule has 0 fully saturated rings. The fraction of sp³-hybridized carbons (Fsp3) is 1.00. The number of rotatable bonds is 3. The second kappa shape index (κ2) is 3.39. The van der Waals surface area contributed by atoms with Crippen molar-refractivity contribution < 1.29 is 12.6 Å². The Morgan fingerprint density at radius 3 is 2.22 bits per heavy atom. The van der Waals surface area contributed by atoms with Gasteiger partial charge in [-0.05, 0) is 6.92 Å². The lowest BCUT2D eigenvalue weighted by molar-refractivity contribution is 0.324. The molecule has 0 amide bonds. The molecule has 0 aromatic carbocycles. The molecule has 0 N–H and O–H groups in total. The van der Waals surface area contributed by atoms with Crippen LogP contribution in [0.4, 0.5) is 0 Å². The van der Waals surface area contributed by atoms with Crippen molar-refractivity contribution in [2.75, 3.05) is 12.9 Å². The van der Waals surface area contributed by atoms with E-state index in [0.29, 0.717) is 0 Å². The van der Waals surface area contributed by atoms with Crippen LogP contribution in [0.3, 0.4) is 0 Å². The summed E-state index contributed by atoms with van der Waals surface area (Å²) < 4.78 is 24.8. The van der Waals surface area contributed by atoms with Gasteiger partial charge < -0.3 is 0 Å². The van der Waals surface area contributed by atoms with E-state index in [2.05, 4.69) is 4.18 Å². The molecule has 0 saturated heterocycles. The average molecular weight is 173 g/mol. The van der Waals surface area contributed by atoms with E-state index in [1.54, 1.807) is 6.92 Å². The van der Waals surface area contributed by atoms with Crippen LogP contribution in [0.1, 0.15) is 6.92 Å². The van der Waals surface area contributed by atoms with Crippen LogP contribution < -0.4 is 0 Å². The monoisotopic (exact) mass is 172 g/mol. The molecule has 0 bridgehead atoms. The molecule has 0 aliphatic heterocycles. The summed E-state index contributed by atoms with van der Waals surface area (Å²) in [5.41, 5.74) is 0. The van der Waals surface area contributed by atoms with Crippen molar-refractivity contribution >= 4 is 21.7 Å². The third-order valence-electron chi connectivity index (χ3n) is 0.512. The minimum Gasteiger partial charge on any atom is -0.269 e. The van der Waals surface area contributed by atoms with Gasteiger partial charge in [-0.2, -0.15) is 8.42 Å². The molecule has 9 heavy (non-hydrogen) atoms. The first kappa shape index (κ1) is 9.20. The van der Waals surface area contributed by atoms with Gasteiger partial charge in [0.1, 0.15) is 0 Å².